The first kappa shape index (κ1) is 11.7. The summed E-state index contributed by atoms with van der Waals surface area (Å²) in [7, 11) is 0. The Morgan fingerprint density at radius 3 is 2.88 bits per heavy atom. The van der Waals surface area contributed by atoms with E-state index in [1.54, 1.807) is 30.6 Å². The number of halogens is 1. The fourth-order valence-electron chi connectivity index (χ4n) is 1.35. The second-order valence-electron chi connectivity index (χ2n) is 3.55. The molecule has 2 aromatic heterocycles. The van der Waals surface area contributed by atoms with Crippen molar-refractivity contribution in [3.8, 4) is 0 Å². The van der Waals surface area contributed by atoms with Gasteiger partial charge in [-0.1, -0.05) is 6.07 Å². The first-order chi connectivity index (χ1) is 8.15. The van der Waals surface area contributed by atoms with Crippen LogP contribution in [0.4, 0.5) is 5.69 Å². The molecule has 5 heteroatoms. The lowest BCUT2D eigenvalue weighted by atomic mass is 10.3. The van der Waals surface area contributed by atoms with Crippen molar-refractivity contribution in [3.05, 3.63) is 52.5 Å². The van der Waals surface area contributed by atoms with Gasteiger partial charge in [-0.2, -0.15) is 0 Å². The highest BCUT2D eigenvalue weighted by molar-refractivity contribution is 9.10. The molecule has 0 aliphatic heterocycles. The van der Waals surface area contributed by atoms with E-state index in [1.807, 2.05) is 13.0 Å². The normalized spacial score (nSPS) is 10.0. The predicted octanol–water partition coefficient (Wildman–Crippen LogP) is 2.80. The van der Waals surface area contributed by atoms with Crippen molar-refractivity contribution in [1.29, 1.82) is 0 Å². The molecule has 2 heterocycles. The highest BCUT2D eigenvalue weighted by Gasteiger charge is 2.07. The number of hydrogen-bond acceptors (Lipinski definition) is 3. The van der Waals surface area contributed by atoms with Crippen LogP contribution in [0.1, 0.15) is 16.1 Å². The van der Waals surface area contributed by atoms with Crippen LogP contribution in [0, 0.1) is 6.92 Å². The van der Waals surface area contributed by atoms with Crippen molar-refractivity contribution in [2.45, 2.75) is 6.92 Å². The molecule has 0 atom stereocenters. The van der Waals surface area contributed by atoms with Crippen LogP contribution < -0.4 is 5.32 Å². The van der Waals surface area contributed by atoms with Gasteiger partial charge < -0.3 is 5.32 Å². The lowest BCUT2D eigenvalue weighted by Crippen LogP contribution is -2.13. The molecule has 0 saturated carbocycles. The van der Waals surface area contributed by atoms with Gasteiger partial charge in [-0.05, 0) is 46.6 Å². The molecule has 2 rings (SSSR count). The van der Waals surface area contributed by atoms with Crippen LogP contribution in [0.25, 0.3) is 0 Å². The third-order valence-corrected chi connectivity index (χ3v) is 2.52. The quantitative estimate of drug-likeness (QED) is 0.866. The number of carbonyl (C=O) groups is 1. The van der Waals surface area contributed by atoms with Gasteiger partial charge in [0.05, 0.1) is 11.9 Å². The molecule has 0 fully saturated rings. The molecule has 1 N–H and O–H groups in total. The molecule has 0 saturated heterocycles. The summed E-state index contributed by atoms with van der Waals surface area (Å²) in [6.07, 6.45) is 3.33. The second-order valence-corrected chi connectivity index (χ2v) is 4.36. The van der Waals surface area contributed by atoms with E-state index in [2.05, 4.69) is 31.2 Å². The zero-order valence-electron chi connectivity index (χ0n) is 9.14. The lowest BCUT2D eigenvalue weighted by molar-refractivity contribution is 0.102. The minimum atomic E-state index is -0.251. The summed E-state index contributed by atoms with van der Waals surface area (Å²) >= 11 is 3.22. The third-order valence-electron chi connectivity index (χ3n) is 2.08. The summed E-state index contributed by atoms with van der Waals surface area (Å²) in [4.78, 5) is 19.9. The van der Waals surface area contributed by atoms with Crippen molar-refractivity contribution < 1.29 is 4.79 Å². The number of carbonyl (C=O) groups excluding carboxylic acids is 1. The van der Waals surface area contributed by atoms with E-state index < -0.39 is 0 Å². The summed E-state index contributed by atoms with van der Waals surface area (Å²) in [5.74, 6) is -0.251. The van der Waals surface area contributed by atoms with E-state index in [4.69, 9.17) is 0 Å². The first-order valence-electron chi connectivity index (χ1n) is 5.01. The average Bonchev–Trinajstić information content (AvgIpc) is 2.29. The van der Waals surface area contributed by atoms with Crippen LogP contribution in [0.15, 0.2) is 41.3 Å². The largest absolute Gasteiger partial charge is 0.319 e. The Balaban J connectivity index is 2.17. The monoisotopic (exact) mass is 291 g/mol. The topological polar surface area (TPSA) is 54.9 Å². The number of nitrogens with zero attached hydrogens (tertiary/aromatic N) is 2. The van der Waals surface area contributed by atoms with Gasteiger partial charge in [0.25, 0.3) is 5.91 Å². The minimum absolute atomic E-state index is 0.251. The Labute approximate surface area is 107 Å². The van der Waals surface area contributed by atoms with Gasteiger partial charge >= 0.3 is 0 Å². The lowest BCUT2D eigenvalue weighted by Gasteiger charge is -2.04. The van der Waals surface area contributed by atoms with Gasteiger partial charge in [0.1, 0.15) is 10.3 Å². The van der Waals surface area contributed by atoms with Crippen molar-refractivity contribution in [3.63, 3.8) is 0 Å². The van der Waals surface area contributed by atoms with Gasteiger partial charge in [0.15, 0.2) is 0 Å². The van der Waals surface area contributed by atoms with Gasteiger partial charge in [0.2, 0.25) is 0 Å². The molecule has 0 aromatic carbocycles. The molecule has 2 aromatic rings. The molecule has 0 bridgehead atoms. The fourth-order valence-corrected chi connectivity index (χ4v) is 1.70. The SMILES string of the molecule is Cc1cncc(NC(=O)c2cccc(Br)n2)c1. The van der Waals surface area contributed by atoms with Crippen molar-refractivity contribution >= 4 is 27.5 Å². The molecular formula is C12H10BrN3O. The maximum atomic E-state index is 11.9. The Bertz CT molecular complexity index is 557. The fraction of sp³-hybridized carbons (Fsp3) is 0.0833. The van der Waals surface area contributed by atoms with Gasteiger partial charge in [-0.15, -0.1) is 0 Å². The van der Waals surface area contributed by atoms with Crippen LogP contribution >= 0.6 is 15.9 Å². The maximum absolute atomic E-state index is 11.9. The maximum Gasteiger partial charge on any atom is 0.274 e. The molecule has 1 amide bonds. The first-order valence-corrected chi connectivity index (χ1v) is 5.80. The summed E-state index contributed by atoms with van der Waals surface area (Å²) in [6, 6.07) is 7.04. The number of hydrogen-bond donors (Lipinski definition) is 1. The Kier molecular flexibility index (Phi) is 3.49. The molecule has 0 aliphatic rings. The summed E-state index contributed by atoms with van der Waals surface area (Å²) < 4.78 is 0.632. The molecule has 0 spiro atoms. The highest BCUT2D eigenvalue weighted by Crippen LogP contribution is 2.10. The zero-order chi connectivity index (χ0) is 12.3. The van der Waals surface area contributed by atoms with Gasteiger partial charge in [-0.25, -0.2) is 4.98 Å². The molecule has 0 aliphatic carbocycles. The van der Waals surface area contributed by atoms with Crippen LogP contribution in [-0.4, -0.2) is 15.9 Å². The van der Waals surface area contributed by atoms with E-state index in [0.717, 1.165) is 5.56 Å². The van der Waals surface area contributed by atoms with E-state index in [9.17, 15) is 4.79 Å². The second kappa shape index (κ2) is 5.05. The predicted molar refractivity (Wildman–Crippen MR) is 68.9 cm³/mol. The number of pyridine rings is 2. The van der Waals surface area contributed by atoms with E-state index in [-0.39, 0.29) is 5.91 Å². The smallest absolute Gasteiger partial charge is 0.274 e. The zero-order valence-corrected chi connectivity index (χ0v) is 10.7. The number of rotatable bonds is 2. The minimum Gasteiger partial charge on any atom is -0.319 e. The number of anilines is 1. The third kappa shape index (κ3) is 3.10. The molecule has 0 unspecified atom stereocenters. The number of aryl methyl sites for hydroxylation is 1. The van der Waals surface area contributed by atoms with E-state index >= 15 is 0 Å². The van der Waals surface area contributed by atoms with Crippen LogP contribution in [0.2, 0.25) is 0 Å². The summed E-state index contributed by atoms with van der Waals surface area (Å²) in [5, 5.41) is 2.74. The molecule has 4 nitrogen and oxygen atoms in total. The van der Waals surface area contributed by atoms with Crippen molar-refractivity contribution in [1.82, 2.24) is 9.97 Å². The van der Waals surface area contributed by atoms with Gasteiger partial charge in [0, 0.05) is 6.20 Å². The van der Waals surface area contributed by atoms with E-state index in [1.165, 1.54) is 0 Å². The van der Waals surface area contributed by atoms with Crippen LogP contribution in [0.3, 0.4) is 0 Å². The Hall–Kier alpha value is -1.75. The van der Waals surface area contributed by atoms with E-state index in [0.29, 0.717) is 16.0 Å². The molecule has 0 radical (unpaired) electrons. The molecule has 86 valence electrons. The standard InChI is InChI=1S/C12H10BrN3O/c1-8-5-9(7-14-6-8)15-12(17)10-3-2-4-11(13)16-10/h2-7H,1H3,(H,15,17). The average molecular weight is 292 g/mol. The summed E-state index contributed by atoms with van der Waals surface area (Å²) in [6.45, 7) is 1.92. The molecular weight excluding hydrogens is 282 g/mol. The summed E-state index contributed by atoms with van der Waals surface area (Å²) in [5.41, 5.74) is 2.02. The number of amides is 1. The Morgan fingerprint density at radius 2 is 2.18 bits per heavy atom. The van der Waals surface area contributed by atoms with Crippen LogP contribution in [0.5, 0.6) is 0 Å². The van der Waals surface area contributed by atoms with Crippen LogP contribution in [-0.2, 0) is 0 Å². The highest BCUT2D eigenvalue weighted by atomic mass is 79.9. The molecule has 17 heavy (non-hydrogen) atoms. The van der Waals surface area contributed by atoms with Gasteiger partial charge in [-0.3, -0.25) is 9.78 Å². The Morgan fingerprint density at radius 1 is 1.35 bits per heavy atom. The number of nitrogens with one attached hydrogen (secondary N) is 1. The van der Waals surface area contributed by atoms with Crippen molar-refractivity contribution in [2.24, 2.45) is 0 Å². The van der Waals surface area contributed by atoms with Crippen molar-refractivity contribution in [2.75, 3.05) is 5.32 Å². The number of aromatic nitrogens is 2.